The van der Waals surface area contributed by atoms with Crippen LogP contribution in [0.1, 0.15) is 11.1 Å². The maximum atomic E-state index is 14.3. The van der Waals surface area contributed by atoms with Crippen molar-refractivity contribution in [2.24, 2.45) is 0 Å². The van der Waals surface area contributed by atoms with Crippen molar-refractivity contribution < 1.29 is 22.7 Å². The molecule has 0 aliphatic carbocycles. The average molecular weight is 606 g/mol. The molecule has 2 amide bonds. The number of halogens is 1. The molecule has 4 aromatic carbocycles. The van der Waals surface area contributed by atoms with Crippen molar-refractivity contribution in [2.45, 2.75) is 23.9 Å². The zero-order valence-electron chi connectivity index (χ0n) is 23.3. The first-order valence-corrected chi connectivity index (χ1v) is 15.1. The number of nitrogens with zero attached hydrogens (tertiary/aromatic N) is 2. The summed E-state index contributed by atoms with van der Waals surface area (Å²) in [6.45, 7) is -0.585. The number of amides is 2. The average Bonchev–Trinajstić information content (AvgIpc) is 3.02. The number of ether oxygens (including phenoxy) is 1. The van der Waals surface area contributed by atoms with E-state index in [9.17, 15) is 18.0 Å². The molecule has 0 aliphatic heterocycles. The molecule has 1 atom stereocenters. The maximum Gasteiger partial charge on any atom is 0.264 e. The highest BCUT2D eigenvalue weighted by atomic mass is 35.5. The number of methoxy groups -OCH3 is 1. The molecule has 218 valence electrons. The van der Waals surface area contributed by atoms with Crippen LogP contribution in [0.5, 0.6) is 5.75 Å². The molecule has 0 saturated carbocycles. The number of anilines is 1. The minimum Gasteiger partial charge on any atom is -0.497 e. The highest BCUT2D eigenvalue weighted by Gasteiger charge is 2.34. The van der Waals surface area contributed by atoms with Gasteiger partial charge in [0.1, 0.15) is 18.3 Å². The molecule has 0 radical (unpaired) electrons. The number of likely N-dealkylation sites (N-methyl/N-ethyl adjacent to an activating group) is 1. The Morgan fingerprint density at radius 3 is 2.17 bits per heavy atom. The largest absolute Gasteiger partial charge is 0.497 e. The first kappa shape index (κ1) is 30.6. The van der Waals surface area contributed by atoms with E-state index in [1.807, 2.05) is 30.3 Å². The summed E-state index contributed by atoms with van der Waals surface area (Å²) in [5, 5.41) is 3.09. The van der Waals surface area contributed by atoms with Crippen LogP contribution in [0.3, 0.4) is 0 Å². The second kappa shape index (κ2) is 14.0. The second-order valence-corrected chi connectivity index (χ2v) is 11.7. The number of benzene rings is 4. The monoisotopic (exact) mass is 605 g/mol. The topological polar surface area (TPSA) is 96.0 Å². The smallest absolute Gasteiger partial charge is 0.264 e. The van der Waals surface area contributed by atoms with Gasteiger partial charge < -0.3 is 15.0 Å². The van der Waals surface area contributed by atoms with Crippen molar-refractivity contribution in [3.63, 3.8) is 0 Å². The quantitative estimate of drug-likeness (QED) is 0.247. The van der Waals surface area contributed by atoms with Crippen LogP contribution in [-0.4, -0.2) is 51.9 Å². The summed E-state index contributed by atoms with van der Waals surface area (Å²) in [5.41, 5.74) is 1.70. The number of hydrogen-bond donors (Lipinski definition) is 1. The predicted molar refractivity (Wildman–Crippen MR) is 164 cm³/mol. The summed E-state index contributed by atoms with van der Waals surface area (Å²) >= 11 is 6.48. The van der Waals surface area contributed by atoms with Crippen molar-refractivity contribution in [3.8, 4) is 5.75 Å². The summed E-state index contributed by atoms with van der Waals surface area (Å²) in [5.74, 6) is -0.548. The first-order chi connectivity index (χ1) is 20.2. The van der Waals surface area contributed by atoms with Gasteiger partial charge in [0.2, 0.25) is 11.8 Å². The van der Waals surface area contributed by atoms with Gasteiger partial charge in [-0.2, -0.15) is 0 Å². The SMILES string of the molecule is CNC(=O)[C@@H](Cc1ccccc1)N(Cc1ccccc1Cl)C(=O)CN(c1cccc(OC)c1)S(=O)(=O)c1ccccc1. The van der Waals surface area contributed by atoms with E-state index in [4.69, 9.17) is 16.3 Å². The van der Waals surface area contributed by atoms with E-state index in [1.54, 1.807) is 66.7 Å². The molecule has 0 aliphatic rings. The lowest BCUT2D eigenvalue weighted by Gasteiger charge is -2.33. The van der Waals surface area contributed by atoms with E-state index in [0.29, 0.717) is 16.3 Å². The fourth-order valence-electron chi connectivity index (χ4n) is 4.54. The normalized spacial score (nSPS) is 11.8. The van der Waals surface area contributed by atoms with Crippen LogP contribution in [0.2, 0.25) is 5.02 Å². The van der Waals surface area contributed by atoms with Gasteiger partial charge in [-0.15, -0.1) is 0 Å². The molecular weight excluding hydrogens is 574 g/mol. The van der Waals surface area contributed by atoms with Crippen LogP contribution in [0.25, 0.3) is 0 Å². The lowest BCUT2D eigenvalue weighted by atomic mass is 10.0. The van der Waals surface area contributed by atoms with Crippen LogP contribution in [0, 0.1) is 0 Å². The maximum absolute atomic E-state index is 14.3. The van der Waals surface area contributed by atoms with Crippen molar-refractivity contribution >= 4 is 39.1 Å². The van der Waals surface area contributed by atoms with Crippen molar-refractivity contribution in [3.05, 3.63) is 125 Å². The number of sulfonamides is 1. The molecule has 0 unspecified atom stereocenters. The van der Waals surface area contributed by atoms with Crippen LogP contribution >= 0.6 is 11.6 Å². The van der Waals surface area contributed by atoms with Crippen molar-refractivity contribution in [1.82, 2.24) is 10.2 Å². The minimum absolute atomic E-state index is 0.0131. The van der Waals surface area contributed by atoms with Crippen LogP contribution in [-0.2, 0) is 32.6 Å². The van der Waals surface area contributed by atoms with Gasteiger partial charge in [-0.3, -0.25) is 13.9 Å². The fourth-order valence-corrected chi connectivity index (χ4v) is 6.17. The number of carbonyl (C=O) groups is 2. The Balaban J connectivity index is 1.80. The number of nitrogens with one attached hydrogen (secondary N) is 1. The Labute approximate surface area is 251 Å². The van der Waals surface area contributed by atoms with E-state index in [-0.39, 0.29) is 23.5 Å². The van der Waals surface area contributed by atoms with E-state index < -0.39 is 34.4 Å². The molecule has 4 rings (SSSR count). The van der Waals surface area contributed by atoms with Crippen LogP contribution in [0.4, 0.5) is 5.69 Å². The van der Waals surface area contributed by atoms with Crippen molar-refractivity contribution in [1.29, 1.82) is 0 Å². The van der Waals surface area contributed by atoms with E-state index >= 15 is 0 Å². The second-order valence-electron chi connectivity index (χ2n) is 9.46. The first-order valence-electron chi connectivity index (χ1n) is 13.2. The molecular formula is C32H32ClN3O5S. The Bertz CT molecular complexity index is 1620. The summed E-state index contributed by atoms with van der Waals surface area (Å²) < 4.78 is 34.3. The summed E-state index contributed by atoms with van der Waals surface area (Å²) in [6, 6.07) is 29.8. The van der Waals surface area contributed by atoms with Crippen LogP contribution < -0.4 is 14.4 Å². The lowest BCUT2D eigenvalue weighted by molar-refractivity contribution is -0.139. The highest BCUT2D eigenvalue weighted by Crippen LogP contribution is 2.28. The minimum atomic E-state index is -4.20. The molecule has 10 heteroatoms. The van der Waals surface area contributed by atoms with Gasteiger partial charge in [-0.1, -0.05) is 84.4 Å². The van der Waals surface area contributed by atoms with Gasteiger partial charge in [0.05, 0.1) is 17.7 Å². The third-order valence-electron chi connectivity index (χ3n) is 6.77. The molecule has 0 bridgehead atoms. The molecule has 0 saturated heterocycles. The molecule has 0 fully saturated rings. The van der Waals surface area contributed by atoms with E-state index in [2.05, 4.69) is 5.32 Å². The molecule has 0 heterocycles. The van der Waals surface area contributed by atoms with Crippen LogP contribution in [0.15, 0.2) is 114 Å². The van der Waals surface area contributed by atoms with Gasteiger partial charge in [0.15, 0.2) is 0 Å². The summed E-state index contributed by atoms with van der Waals surface area (Å²) in [7, 11) is -1.22. The summed E-state index contributed by atoms with van der Waals surface area (Å²) in [4.78, 5) is 29.0. The van der Waals surface area contributed by atoms with E-state index in [1.165, 1.54) is 31.2 Å². The Kier molecular flexibility index (Phi) is 10.2. The molecule has 0 spiro atoms. The van der Waals surface area contributed by atoms with Gasteiger partial charge in [-0.25, -0.2) is 8.42 Å². The highest BCUT2D eigenvalue weighted by molar-refractivity contribution is 7.92. The Morgan fingerprint density at radius 2 is 1.52 bits per heavy atom. The number of carbonyl (C=O) groups excluding carboxylic acids is 2. The van der Waals surface area contributed by atoms with Gasteiger partial charge in [-0.05, 0) is 41.5 Å². The lowest BCUT2D eigenvalue weighted by Crippen LogP contribution is -2.53. The molecule has 1 N–H and O–H groups in total. The third kappa shape index (κ3) is 7.29. The Morgan fingerprint density at radius 1 is 0.881 bits per heavy atom. The van der Waals surface area contributed by atoms with Gasteiger partial charge >= 0.3 is 0 Å². The molecule has 8 nitrogen and oxygen atoms in total. The van der Waals surface area contributed by atoms with E-state index in [0.717, 1.165) is 9.87 Å². The number of hydrogen-bond acceptors (Lipinski definition) is 5. The summed E-state index contributed by atoms with van der Waals surface area (Å²) in [6.07, 6.45) is 0.210. The fraction of sp³-hybridized carbons (Fsp3) is 0.188. The van der Waals surface area contributed by atoms with Gasteiger partial charge in [0.25, 0.3) is 10.0 Å². The number of rotatable bonds is 12. The third-order valence-corrected chi connectivity index (χ3v) is 8.92. The molecule has 42 heavy (non-hydrogen) atoms. The molecule has 0 aromatic heterocycles. The predicted octanol–water partition coefficient (Wildman–Crippen LogP) is 4.93. The Hall–Kier alpha value is -4.34. The standard InChI is InChI=1S/C32H32ClN3O5S/c1-34-32(38)30(20-24-12-5-3-6-13-24)35(22-25-14-9-10-19-29(25)33)31(37)23-36(26-15-11-16-27(21-26)41-2)42(39,40)28-17-7-4-8-18-28/h3-19,21,30H,20,22-23H2,1-2H3,(H,34,38)/t30-/m1/s1. The van der Waals surface area contributed by atoms with Gasteiger partial charge in [0, 0.05) is 31.1 Å². The van der Waals surface area contributed by atoms with Crippen molar-refractivity contribution in [2.75, 3.05) is 25.0 Å². The molecule has 4 aromatic rings. The zero-order valence-corrected chi connectivity index (χ0v) is 24.9. The zero-order chi connectivity index (χ0) is 30.1.